The summed E-state index contributed by atoms with van der Waals surface area (Å²) in [7, 11) is 0. The van der Waals surface area contributed by atoms with E-state index >= 15 is 0 Å². The molecule has 1 atom stereocenters. The highest BCUT2D eigenvalue weighted by atomic mass is 16.5. The maximum absolute atomic E-state index is 12.6. The van der Waals surface area contributed by atoms with Gasteiger partial charge in [0.15, 0.2) is 0 Å². The number of nitrogens with zero attached hydrogens (tertiary/aromatic N) is 5. The van der Waals surface area contributed by atoms with Crippen molar-refractivity contribution in [2.24, 2.45) is 0 Å². The van der Waals surface area contributed by atoms with Crippen LogP contribution in [0.5, 0.6) is 0 Å². The van der Waals surface area contributed by atoms with Crippen molar-refractivity contribution in [2.75, 3.05) is 19.7 Å². The molecule has 1 saturated heterocycles. The average Bonchev–Trinajstić information content (AvgIpc) is 2.84. The van der Waals surface area contributed by atoms with Crippen molar-refractivity contribution in [3.05, 3.63) is 40.7 Å². The first-order chi connectivity index (χ1) is 11.4. The van der Waals surface area contributed by atoms with E-state index < -0.39 is 0 Å². The molecular formula is C17H23N5O2. The minimum absolute atomic E-state index is 0.0528. The summed E-state index contributed by atoms with van der Waals surface area (Å²) in [6.45, 7) is 9.56. The average molecular weight is 329 g/mol. The highest BCUT2D eigenvalue weighted by Crippen LogP contribution is 2.21. The number of aromatic nitrogens is 4. The Balaban J connectivity index is 1.70. The lowest BCUT2D eigenvalue weighted by molar-refractivity contribution is -0.140. The molecule has 1 aliphatic rings. The summed E-state index contributed by atoms with van der Waals surface area (Å²) in [5.74, 6) is 0.775. The van der Waals surface area contributed by atoms with E-state index in [0.29, 0.717) is 19.7 Å². The van der Waals surface area contributed by atoms with E-state index in [2.05, 4.69) is 15.1 Å². The van der Waals surface area contributed by atoms with Gasteiger partial charge < -0.3 is 9.64 Å². The Morgan fingerprint density at radius 1 is 1.21 bits per heavy atom. The molecule has 2 aromatic heterocycles. The molecule has 0 spiro atoms. The molecule has 1 amide bonds. The van der Waals surface area contributed by atoms with Crippen molar-refractivity contribution < 1.29 is 9.53 Å². The molecule has 7 nitrogen and oxygen atoms in total. The number of amides is 1. The summed E-state index contributed by atoms with van der Waals surface area (Å²) >= 11 is 0. The van der Waals surface area contributed by atoms with Crippen LogP contribution in [-0.4, -0.2) is 50.3 Å². The van der Waals surface area contributed by atoms with Gasteiger partial charge in [0, 0.05) is 17.9 Å². The molecule has 3 rings (SSSR count). The van der Waals surface area contributed by atoms with Crippen molar-refractivity contribution in [2.45, 2.75) is 40.3 Å². The summed E-state index contributed by atoms with van der Waals surface area (Å²) in [5, 5.41) is 4.36. The lowest BCUT2D eigenvalue weighted by atomic mass is 10.1. The zero-order chi connectivity index (χ0) is 17.3. The smallest absolute Gasteiger partial charge is 0.244 e. The Morgan fingerprint density at radius 2 is 2.00 bits per heavy atom. The first-order valence-corrected chi connectivity index (χ1v) is 8.15. The SMILES string of the molecule is Cc1cc([C@H]2CN(C(=O)Cn3nc(C)cc3C)CCO2)nc(C)n1. The summed E-state index contributed by atoms with van der Waals surface area (Å²) in [6, 6.07) is 3.90. The number of carbonyl (C=O) groups excluding carboxylic acids is 1. The Kier molecular flexibility index (Phi) is 4.62. The highest BCUT2D eigenvalue weighted by molar-refractivity contribution is 5.76. The number of hydrogen-bond donors (Lipinski definition) is 0. The van der Waals surface area contributed by atoms with E-state index in [9.17, 15) is 4.79 Å². The van der Waals surface area contributed by atoms with Crippen LogP contribution >= 0.6 is 0 Å². The first kappa shape index (κ1) is 16.6. The second-order valence-electron chi connectivity index (χ2n) is 6.27. The van der Waals surface area contributed by atoms with E-state index in [-0.39, 0.29) is 18.6 Å². The van der Waals surface area contributed by atoms with Gasteiger partial charge in [-0.2, -0.15) is 5.10 Å². The lowest BCUT2D eigenvalue weighted by Gasteiger charge is -2.33. The van der Waals surface area contributed by atoms with Crippen molar-refractivity contribution in [1.29, 1.82) is 0 Å². The van der Waals surface area contributed by atoms with Crippen LogP contribution in [0.2, 0.25) is 0 Å². The molecule has 0 unspecified atom stereocenters. The second-order valence-corrected chi connectivity index (χ2v) is 6.27. The highest BCUT2D eigenvalue weighted by Gasteiger charge is 2.27. The van der Waals surface area contributed by atoms with Gasteiger partial charge in [-0.3, -0.25) is 9.48 Å². The van der Waals surface area contributed by atoms with Gasteiger partial charge in [-0.25, -0.2) is 9.97 Å². The van der Waals surface area contributed by atoms with Gasteiger partial charge in [-0.15, -0.1) is 0 Å². The van der Waals surface area contributed by atoms with Gasteiger partial charge in [0.2, 0.25) is 5.91 Å². The number of rotatable bonds is 3. The van der Waals surface area contributed by atoms with Crippen LogP contribution in [0.4, 0.5) is 0 Å². The maximum Gasteiger partial charge on any atom is 0.244 e. The molecule has 128 valence electrons. The molecule has 1 aliphatic heterocycles. The maximum atomic E-state index is 12.6. The van der Waals surface area contributed by atoms with Crippen LogP contribution in [0.25, 0.3) is 0 Å². The fraction of sp³-hybridized carbons (Fsp3) is 0.529. The molecule has 0 saturated carbocycles. The molecule has 3 heterocycles. The first-order valence-electron chi connectivity index (χ1n) is 8.15. The quantitative estimate of drug-likeness (QED) is 0.853. The van der Waals surface area contributed by atoms with Crippen molar-refractivity contribution >= 4 is 5.91 Å². The van der Waals surface area contributed by atoms with Crippen LogP contribution in [-0.2, 0) is 16.1 Å². The number of carbonyl (C=O) groups is 1. The van der Waals surface area contributed by atoms with E-state index in [1.807, 2.05) is 44.7 Å². The number of morpholine rings is 1. The van der Waals surface area contributed by atoms with Gasteiger partial charge in [0.25, 0.3) is 0 Å². The Bertz CT molecular complexity index is 735. The Morgan fingerprint density at radius 3 is 2.67 bits per heavy atom. The normalized spacial score (nSPS) is 18.0. The van der Waals surface area contributed by atoms with Crippen molar-refractivity contribution in [3.63, 3.8) is 0 Å². The van der Waals surface area contributed by atoms with E-state index in [1.54, 1.807) is 4.68 Å². The minimum Gasteiger partial charge on any atom is -0.368 e. The second kappa shape index (κ2) is 6.68. The molecule has 0 aromatic carbocycles. The third-order valence-corrected chi connectivity index (χ3v) is 4.12. The van der Waals surface area contributed by atoms with Crippen LogP contribution in [0.15, 0.2) is 12.1 Å². The van der Waals surface area contributed by atoms with Gasteiger partial charge in [-0.05, 0) is 39.8 Å². The van der Waals surface area contributed by atoms with Gasteiger partial charge >= 0.3 is 0 Å². The van der Waals surface area contributed by atoms with Crippen molar-refractivity contribution in [3.8, 4) is 0 Å². The summed E-state index contributed by atoms with van der Waals surface area (Å²) in [4.78, 5) is 23.2. The van der Waals surface area contributed by atoms with Crippen LogP contribution in [0.1, 0.15) is 34.7 Å². The fourth-order valence-corrected chi connectivity index (χ4v) is 3.03. The molecule has 0 N–H and O–H groups in total. The van der Waals surface area contributed by atoms with E-state index in [4.69, 9.17) is 4.74 Å². The summed E-state index contributed by atoms with van der Waals surface area (Å²) in [6.07, 6.45) is -0.205. The molecule has 1 fully saturated rings. The van der Waals surface area contributed by atoms with Crippen molar-refractivity contribution in [1.82, 2.24) is 24.6 Å². The van der Waals surface area contributed by atoms with E-state index in [1.165, 1.54) is 0 Å². The summed E-state index contributed by atoms with van der Waals surface area (Å²) < 4.78 is 7.58. The largest absolute Gasteiger partial charge is 0.368 e. The fourth-order valence-electron chi connectivity index (χ4n) is 3.03. The zero-order valence-corrected chi connectivity index (χ0v) is 14.6. The number of hydrogen-bond acceptors (Lipinski definition) is 5. The molecule has 7 heteroatoms. The lowest BCUT2D eigenvalue weighted by Crippen LogP contribution is -2.44. The molecule has 0 bridgehead atoms. The Labute approximate surface area is 141 Å². The third kappa shape index (κ3) is 3.62. The van der Waals surface area contributed by atoms with Crippen LogP contribution < -0.4 is 0 Å². The number of aryl methyl sites for hydroxylation is 4. The molecule has 0 radical (unpaired) electrons. The Hall–Kier alpha value is -2.28. The monoisotopic (exact) mass is 329 g/mol. The topological polar surface area (TPSA) is 73.1 Å². The predicted octanol–water partition coefficient (Wildman–Crippen LogP) is 1.51. The third-order valence-electron chi connectivity index (χ3n) is 4.12. The molecular weight excluding hydrogens is 306 g/mol. The number of ether oxygens (including phenoxy) is 1. The van der Waals surface area contributed by atoms with Crippen LogP contribution in [0.3, 0.4) is 0 Å². The molecule has 24 heavy (non-hydrogen) atoms. The van der Waals surface area contributed by atoms with Crippen LogP contribution in [0, 0.1) is 27.7 Å². The zero-order valence-electron chi connectivity index (χ0n) is 14.6. The predicted molar refractivity (Wildman–Crippen MR) is 88.5 cm³/mol. The summed E-state index contributed by atoms with van der Waals surface area (Å²) in [5.41, 5.74) is 3.66. The van der Waals surface area contributed by atoms with Gasteiger partial charge in [-0.1, -0.05) is 0 Å². The molecule has 0 aliphatic carbocycles. The minimum atomic E-state index is -0.205. The standard InChI is InChI=1S/C17H23N5O2/c1-11-8-15(19-14(4)18-11)16-9-21(5-6-24-16)17(23)10-22-13(3)7-12(2)20-22/h7-8,16H,5-6,9-10H2,1-4H3/t16-/m1/s1. The van der Waals surface area contributed by atoms with Gasteiger partial charge in [0.1, 0.15) is 18.5 Å². The van der Waals surface area contributed by atoms with Gasteiger partial charge in [0.05, 0.1) is 24.5 Å². The molecule has 2 aromatic rings. The van der Waals surface area contributed by atoms with E-state index in [0.717, 1.165) is 28.6 Å².